The lowest BCUT2D eigenvalue weighted by atomic mass is 9.89. The molecule has 7 nitrogen and oxygen atoms in total. The first-order valence-electron chi connectivity index (χ1n) is 9.82. The van der Waals surface area contributed by atoms with Crippen LogP contribution in [0.3, 0.4) is 0 Å². The van der Waals surface area contributed by atoms with Gasteiger partial charge < -0.3 is 20.0 Å². The van der Waals surface area contributed by atoms with E-state index in [1.165, 1.54) is 12.8 Å². The molecule has 29 heavy (non-hydrogen) atoms. The van der Waals surface area contributed by atoms with Gasteiger partial charge in [-0.15, -0.1) is 24.8 Å². The molecule has 2 aliphatic rings. The topological polar surface area (TPSA) is 79.5 Å². The number of benzene rings is 1. The van der Waals surface area contributed by atoms with Gasteiger partial charge in [0.25, 0.3) is 0 Å². The Bertz CT molecular complexity index is 883. The maximum Gasteiger partial charge on any atom is 0.419 e. The molecule has 0 spiro atoms. The van der Waals surface area contributed by atoms with Crippen molar-refractivity contribution >= 4 is 47.5 Å². The van der Waals surface area contributed by atoms with E-state index in [0.717, 1.165) is 24.9 Å². The quantitative estimate of drug-likeness (QED) is 0.715. The number of nitrogens with zero attached hydrogens (tertiary/aromatic N) is 2. The Morgan fingerprint density at radius 2 is 1.93 bits per heavy atom. The normalized spacial score (nSPS) is 22.9. The average Bonchev–Trinajstić information content (AvgIpc) is 3.10. The predicted molar refractivity (Wildman–Crippen MR) is 119 cm³/mol. The van der Waals surface area contributed by atoms with E-state index in [4.69, 9.17) is 4.42 Å². The van der Waals surface area contributed by atoms with Crippen LogP contribution < -0.4 is 16.4 Å². The lowest BCUT2D eigenvalue weighted by Gasteiger charge is -2.28. The molecule has 2 saturated heterocycles. The van der Waals surface area contributed by atoms with Crippen LogP contribution in [-0.2, 0) is 11.3 Å². The van der Waals surface area contributed by atoms with E-state index in [1.807, 2.05) is 25.1 Å². The van der Waals surface area contributed by atoms with Crippen LogP contribution in [0.15, 0.2) is 27.4 Å². The van der Waals surface area contributed by atoms with Crippen LogP contribution in [-0.4, -0.2) is 48.1 Å². The molecule has 2 bridgehead atoms. The van der Waals surface area contributed by atoms with Crippen molar-refractivity contribution in [1.82, 2.24) is 14.8 Å². The number of anilines is 1. The molecule has 0 aliphatic carbocycles. The number of piperidine rings is 1. The van der Waals surface area contributed by atoms with Crippen molar-refractivity contribution in [1.29, 1.82) is 0 Å². The van der Waals surface area contributed by atoms with Gasteiger partial charge in [-0.25, -0.2) is 4.79 Å². The van der Waals surface area contributed by atoms with E-state index in [9.17, 15) is 9.59 Å². The Labute approximate surface area is 183 Å². The second kappa shape index (κ2) is 9.98. The Morgan fingerprint density at radius 1 is 1.24 bits per heavy atom. The van der Waals surface area contributed by atoms with Gasteiger partial charge in [-0.3, -0.25) is 9.36 Å². The highest BCUT2D eigenvalue weighted by molar-refractivity contribution is 5.93. The molecule has 2 atom stereocenters. The molecule has 2 aliphatic heterocycles. The van der Waals surface area contributed by atoms with Crippen LogP contribution in [0.4, 0.5) is 5.69 Å². The average molecular weight is 445 g/mol. The summed E-state index contributed by atoms with van der Waals surface area (Å²) in [6, 6.07) is 6.57. The maximum absolute atomic E-state index is 12.5. The Kier molecular flexibility index (Phi) is 8.17. The molecule has 4 rings (SSSR count). The van der Waals surface area contributed by atoms with E-state index in [2.05, 4.69) is 10.6 Å². The van der Waals surface area contributed by atoms with E-state index in [1.54, 1.807) is 16.7 Å². The van der Waals surface area contributed by atoms with Gasteiger partial charge in [-0.2, -0.15) is 0 Å². The van der Waals surface area contributed by atoms with Gasteiger partial charge in [-0.1, -0.05) is 0 Å². The molecule has 162 valence electrons. The number of carbonyl (C=O) groups is 1. The predicted octanol–water partition coefficient (Wildman–Crippen LogP) is 2.86. The van der Waals surface area contributed by atoms with Crippen LogP contribution in [0, 0.1) is 5.92 Å². The molecule has 1 aromatic carbocycles. The summed E-state index contributed by atoms with van der Waals surface area (Å²) < 4.78 is 6.93. The summed E-state index contributed by atoms with van der Waals surface area (Å²) in [5.74, 6) is 0.145. The molecule has 1 aromatic heterocycles. The van der Waals surface area contributed by atoms with Crippen LogP contribution in [0.25, 0.3) is 11.1 Å². The number of oxazole rings is 1. The van der Waals surface area contributed by atoms with E-state index < -0.39 is 0 Å². The minimum atomic E-state index is -0.361. The number of fused-ring (bicyclic) bond motifs is 3. The molecule has 2 N–H and O–H groups in total. The minimum Gasteiger partial charge on any atom is -0.408 e. The highest BCUT2D eigenvalue weighted by Crippen LogP contribution is 2.32. The molecule has 1 amide bonds. The number of likely N-dealkylation sites (N-methyl/N-ethyl adjacent to an activating group) is 1. The number of amides is 1. The fraction of sp³-hybridized carbons (Fsp3) is 0.600. The number of hydrogen-bond acceptors (Lipinski definition) is 5. The number of carbonyl (C=O) groups excluding carboxylic acids is 1. The summed E-state index contributed by atoms with van der Waals surface area (Å²) in [7, 11) is 3.93. The van der Waals surface area contributed by atoms with Crippen molar-refractivity contribution in [3.05, 3.63) is 28.7 Å². The largest absolute Gasteiger partial charge is 0.419 e. The zero-order valence-corrected chi connectivity index (χ0v) is 18.5. The Morgan fingerprint density at radius 3 is 2.59 bits per heavy atom. The van der Waals surface area contributed by atoms with Crippen LogP contribution >= 0.6 is 24.8 Å². The Hall–Kier alpha value is -1.54. The number of rotatable bonds is 6. The number of hydrogen-bond donors (Lipinski definition) is 2. The van der Waals surface area contributed by atoms with E-state index in [0.29, 0.717) is 42.2 Å². The second-order valence-electron chi connectivity index (χ2n) is 8.23. The third kappa shape index (κ3) is 5.54. The van der Waals surface area contributed by atoms with Gasteiger partial charge >= 0.3 is 5.76 Å². The molecule has 2 unspecified atom stereocenters. The summed E-state index contributed by atoms with van der Waals surface area (Å²) in [6.07, 6.45) is 5.23. The summed E-state index contributed by atoms with van der Waals surface area (Å²) in [4.78, 5) is 26.6. The highest BCUT2D eigenvalue weighted by Gasteiger charge is 2.34. The monoisotopic (exact) mass is 444 g/mol. The molecule has 2 fully saturated rings. The standard InChI is InChI=1S/C20H28N4O3.2ClH/c1-23(2)7-8-24-17-12-16(5-6-18(17)27-20(24)26)22-19(25)11-13-9-14-3-4-15(10-13)21-14;;/h5-6,12-15,21H,3-4,7-11H2,1-2H3,(H,22,25);2*1H. The van der Waals surface area contributed by atoms with Gasteiger partial charge in [-0.05, 0) is 63.9 Å². The van der Waals surface area contributed by atoms with Gasteiger partial charge in [0.15, 0.2) is 5.58 Å². The third-order valence-corrected chi connectivity index (χ3v) is 5.77. The van der Waals surface area contributed by atoms with Crippen molar-refractivity contribution < 1.29 is 9.21 Å². The van der Waals surface area contributed by atoms with E-state index >= 15 is 0 Å². The lowest BCUT2D eigenvalue weighted by molar-refractivity contribution is -0.117. The summed E-state index contributed by atoms with van der Waals surface area (Å²) in [6.45, 7) is 1.29. The van der Waals surface area contributed by atoms with Crippen LogP contribution in [0.1, 0.15) is 32.1 Å². The molecule has 3 heterocycles. The van der Waals surface area contributed by atoms with Crippen molar-refractivity contribution in [2.75, 3.05) is 26.0 Å². The summed E-state index contributed by atoms with van der Waals surface area (Å²) in [5, 5.41) is 6.62. The fourth-order valence-electron chi connectivity index (χ4n) is 4.47. The Balaban J connectivity index is 0.00000150. The molecular weight excluding hydrogens is 415 g/mol. The van der Waals surface area contributed by atoms with E-state index in [-0.39, 0.29) is 36.5 Å². The zero-order valence-electron chi connectivity index (χ0n) is 16.8. The molecular formula is C20H30Cl2N4O3. The van der Waals surface area contributed by atoms with Crippen LogP contribution in [0.5, 0.6) is 0 Å². The summed E-state index contributed by atoms with van der Waals surface area (Å²) in [5.41, 5.74) is 1.98. The molecule has 0 saturated carbocycles. The summed E-state index contributed by atoms with van der Waals surface area (Å²) >= 11 is 0. The highest BCUT2D eigenvalue weighted by atomic mass is 35.5. The number of aromatic nitrogens is 1. The minimum absolute atomic E-state index is 0. The first kappa shape index (κ1) is 23.7. The smallest absolute Gasteiger partial charge is 0.408 e. The zero-order chi connectivity index (χ0) is 19.0. The SMILES string of the molecule is CN(C)CCn1c(=O)oc2ccc(NC(=O)CC3CC4CCC(C3)N4)cc21.Cl.Cl. The van der Waals surface area contributed by atoms with Gasteiger partial charge in [0.1, 0.15) is 0 Å². The third-order valence-electron chi connectivity index (χ3n) is 5.77. The fourth-order valence-corrected chi connectivity index (χ4v) is 4.47. The molecule has 9 heteroatoms. The van der Waals surface area contributed by atoms with Crippen molar-refractivity contribution in [3.8, 4) is 0 Å². The lowest BCUT2D eigenvalue weighted by Crippen LogP contribution is -2.39. The first-order valence-corrected chi connectivity index (χ1v) is 9.82. The van der Waals surface area contributed by atoms with Gasteiger partial charge in [0.2, 0.25) is 5.91 Å². The van der Waals surface area contributed by atoms with Gasteiger partial charge in [0.05, 0.1) is 5.52 Å². The first-order chi connectivity index (χ1) is 13.0. The van der Waals surface area contributed by atoms with Gasteiger partial charge in [0, 0.05) is 37.3 Å². The van der Waals surface area contributed by atoms with Crippen LogP contribution in [0.2, 0.25) is 0 Å². The van der Waals surface area contributed by atoms with Crippen molar-refractivity contribution in [2.24, 2.45) is 5.92 Å². The molecule has 0 radical (unpaired) electrons. The van der Waals surface area contributed by atoms with Crippen molar-refractivity contribution in [3.63, 3.8) is 0 Å². The van der Waals surface area contributed by atoms with Crippen molar-refractivity contribution in [2.45, 2.75) is 50.7 Å². The maximum atomic E-state index is 12.5. The number of halogens is 2. The second-order valence-corrected chi connectivity index (χ2v) is 8.23. The number of nitrogens with one attached hydrogen (secondary N) is 2. The molecule has 2 aromatic rings.